The van der Waals surface area contributed by atoms with Crippen molar-refractivity contribution in [2.45, 2.75) is 19.6 Å². The van der Waals surface area contributed by atoms with Crippen LogP contribution >= 0.6 is 0 Å². The van der Waals surface area contributed by atoms with Crippen molar-refractivity contribution in [2.75, 3.05) is 6.61 Å². The summed E-state index contributed by atoms with van der Waals surface area (Å²) in [5.41, 5.74) is -0.192. The summed E-state index contributed by atoms with van der Waals surface area (Å²) in [4.78, 5) is 13.3. The van der Waals surface area contributed by atoms with E-state index in [0.717, 1.165) is 16.9 Å². The lowest BCUT2D eigenvalue weighted by Gasteiger charge is -2.06. The first kappa shape index (κ1) is 18.6. The van der Waals surface area contributed by atoms with E-state index >= 15 is 0 Å². The summed E-state index contributed by atoms with van der Waals surface area (Å²) in [5, 5.41) is 11.5. The summed E-state index contributed by atoms with van der Waals surface area (Å²) in [6.45, 7) is 2.20. The maximum absolute atomic E-state index is 12.8. The van der Waals surface area contributed by atoms with Gasteiger partial charge in [-0.3, -0.25) is 4.79 Å². The minimum absolute atomic E-state index is 0.0144. The van der Waals surface area contributed by atoms with E-state index in [1.165, 1.54) is 12.1 Å². The number of ether oxygens (including phenoxy) is 1. The number of hydrogen-bond acceptors (Lipinski definition) is 5. The Bertz CT molecular complexity index is 936. The Morgan fingerprint density at radius 2 is 1.89 bits per heavy atom. The molecule has 6 nitrogen and oxygen atoms in total. The number of Topliss-reactive ketones (excluding diaryl/α,β-unsaturated/α-hetero) is 1. The van der Waals surface area contributed by atoms with Crippen LogP contribution in [0.2, 0.25) is 0 Å². The third-order valence-electron chi connectivity index (χ3n) is 3.67. The Morgan fingerprint density at radius 1 is 1.15 bits per heavy atom. The molecule has 27 heavy (non-hydrogen) atoms. The quantitative estimate of drug-likeness (QED) is 0.615. The normalized spacial score (nSPS) is 11.4. The summed E-state index contributed by atoms with van der Waals surface area (Å²) in [5.74, 6) is 0.409. The van der Waals surface area contributed by atoms with E-state index in [1.54, 1.807) is 24.3 Å². The highest BCUT2D eigenvalue weighted by atomic mass is 19.4. The molecule has 0 saturated heterocycles. The van der Waals surface area contributed by atoms with Crippen molar-refractivity contribution in [3.63, 3.8) is 0 Å². The molecule has 140 valence electrons. The van der Waals surface area contributed by atoms with Crippen LogP contribution in [0.15, 0.2) is 48.5 Å². The van der Waals surface area contributed by atoms with Gasteiger partial charge in [-0.25, -0.2) is 0 Å². The molecule has 0 spiro atoms. The molecule has 0 saturated carbocycles. The first-order valence-corrected chi connectivity index (χ1v) is 8.08. The number of halogens is 3. The second-order valence-corrected chi connectivity index (χ2v) is 5.60. The van der Waals surface area contributed by atoms with Gasteiger partial charge in [-0.05, 0) is 48.5 Å². The fourth-order valence-corrected chi connectivity index (χ4v) is 2.38. The molecule has 0 fully saturated rings. The van der Waals surface area contributed by atoms with Gasteiger partial charge in [0.05, 0.1) is 12.2 Å². The molecule has 0 aliphatic rings. The van der Waals surface area contributed by atoms with Gasteiger partial charge < -0.3 is 4.74 Å². The van der Waals surface area contributed by atoms with E-state index in [1.807, 2.05) is 6.92 Å². The molecule has 3 rings (SSSR count). The Balaban J connectivity index is 1.73. The number of nitrogens with zero attached hydrogens (tertiary/aromatic N) is 4. The van der Waals surface area contributed by atoms with Crippen LogP contribution in [0.25, 0.3) is 11.4 Å². The van der Waals surface area contributed by atoms with Crippen LogP contribution in [0.1, 0.15) is 22.8 Å². The van der Waals surface area contributed by atoms with Crippen LogP contribution in [0, 0.1) is 0 Å². The van der Waals surface area contributed by atoms with E-state index in [4.69, 9.17) is 4.74 Å². The van der Waals surface area contributed by atoms with Gasteiger partial charge in [0, 0.05) is 11.1 Å². The molecule has 1 heterocycles. The van der Waals surface area contributed by atoms with Crippen LogP contribution in [-0.4, -0.2) is 32.6 Å². The number of tetrazole rings is 1. The maximum Gasteiger partial charge on any atom is 0.416 e. The highest BCUT2D eigenvalue weighted by molar-refractivity contribution is 5.95. The van der Waals surface area contributed by atoms with Crippen molar-refractivity contribution in [1.29, 1.82) is 0 Å². The fourth-order valence-electron chi connectivity index (χ4n) is 2.38. The van der Waals surface area contributed by atoms with Crippen LogP contribution in [0.4, 0.5) is 13.2 Å². The second-order valence-electron chi connectivity index (χ2n) is 5.60. The lowest BCUT2D eigenvalue weighted by molar-refractivity contribution is -0.137. The molecule has 9 heteroatoms. The summed E-state index contributed by atoms with van der Waals surface area (Å²) in [6, 6.07) is 11.2. The summed E-state index contributed by atoms with van der Waals surface area (Å²) in [6.07, 6.45) is -4.46. The topological polar surface area (TPSA) is 69.9 Å². The van der Waals surface area contributed by atoms with Crippen molar-refractivity contribution < 1.29 is 22.7 Å². The molecule has 0 unspecified atom stereocenters. The number of carbonyl (C=O) groups is 1. The summed E-state index contributed by atoms with van der Waals surface area (Å²) >= 11 is 0. The van der Waals surface area contributed by atoms with Gasteiger partial charge in [0.2, 0.25) is 5.82 Å². The molecule has 0 N–H and O–H groups in total. The monoisotopic (exact) mass is 376 g/mol. The molecule has 2 aromatic carbocycles. The van der Waals surface area contributed by atoms with E-state index in [2.05, 4.69) is 15.4 Å². The van der Waals surface area contributed by atoms with Gasteiger partial charge >= 0.3 is 6.18 Å². The Labute approximate surface area is 152 Å². The van der Waals surface area contributed by atoms with Gasteiger partial charge in [0.1, 0.15) is 12.3 Å². The first-order chi connectivity index (χ1) is 12.9. The van der Waals surface area contributed by atoms with Crippen molar-refractivity contribution in [2.24, 2.45) is 0 Å². The second kappa shape index (κ2) is 7.56. The standard InChI is InChI=1S/C18H15F3N4O2/c1-2-27-15-8-6-12(7-9-15)16(26)11-25-23-17(22-24-25)13-4-3-5-14(10-13)18(19,20)21/h3-10H,2,11H2,1H3. The molecule has 0 aliphatic heterocycles. The first-order valence-electron chi connectivity index (χ1n) is 8.08. The van der Waals surface area contributed by atoms with Crippen LogP contribution in [0.5, 0.6) is 5.75 Å². The van der Waals surface area contributed by atoms with Crippen molar-refractivity contribution in [1.82, 2.24) is 20.2 Å². The number of benzene rings is 2. The number of carbonyl (C=O) groups excluding carboxylic acids is 1. The third-order valence-corrected chi connectivity index (χ3v) is 3.67. The predicted molar refractivity (Wildman–Crippen MR) is 90.2 cm³/mol. The third kappa shape index (κ3) is 4.49. The van der Waals surface area contributed by atoms with Gasteiger partial charge in [0.15, 0.2) is 5.78 Å². The fraction of sp³-hybridized carbons (Fsp3) is 0.222. The van der Waals surface area contributed by atoms with Gasteiger partial charge in [-0.15, -0.1) is 10.2 Å². The lowest BCUT2D eigenvalue weighted by atomic mass is 10.1. The predicted octanol–water partition coefficient (Wildman–Crippen LogP) is 3.64. The average Bonchev–Trinajstić information content (AvgIpc) is 3.10. The molecule has 1 aromatic heterocycles. The minimum Gasteiger partial charge on any atom is -0.494 e. The molecule has 0 atom stereocenters. The molecule has 3 aromatic rings. The summed E-state index contributed by atoms with van der Waals surface area (Å²) < 4.78 is 43.7. The molecule has 0 aliphatic carbocycles. The SMILES string of the molecule is CCOc1ccc(C(=O)Cn2nnc(-c3cccc(C(F)(F)F)c3)n2)cc1. The molecule has 0 bridgehead atoms. The highest BCUT2D eigenvalue weighted by Gasteiger charge is 2.30. The number of alkyl halides is 3. The van der Waals surface area contributed by atoms with Crippen LogP contribution < -0.4 is 4.74 Å². The van der Waals surface area contributed by atoms with E-state index < -0.39 is 11.7 Å². The number of hydrogen-bond donors (Lipinski definition) is 0. The van der Waals surface area contributed by atoms with Crippen molar-refractivity contribution >= 4 is 5.78 Å². The maximum atomic E-state index is 12.8. The average molecular weight is 376 g/mol. The van der Waals surface area contributed by atoms with Crippen molar-refractivity contribution in [3.05, 3.63) is 59.7 Å². The Morgan fingerprint density at radius 3 is 2.56 bits per heavy atom. The molecule has 0 radical (unpaired) electrons. The Hall–Kier alpha value is -3.23. The molecular formula is C18H15F3N4O2. The largest absolute Gasteiger partial charge is 0.494 e. The van der Waals surface area contributed by atoms with Gasteiger partial charge in [0.25, 0.3) is 0 Å². The smallest absolute Gasteiger partial charge is 0.416 e. The van der Waals surface area contributed by atoms with Crippen molar-refractivity contribution in [3.8, 4) is 17.1 Å². The molecular weight excluding hydrogens is 361 g/mol. The van der Waals surface area contributed by atoms with Gasteiger partial charge in [-0.2, -0.15) is 18.0 Å². The van der Waals surface area contributed by atoms with E-state index in [-0.39, 0.29) is 23.7 Å². The van der Waals surface area contributed by atoms with Crippen LogP contribution in [0.3, 0.4) is 0 Å². The number of aromatic nitrogens is 4. The number of ketones is 1. The van der Waals surface area contributed by atoms with E-state index in [0.29, 0.717) is 17.9 Å². The Kier molecular flexibility index (Phi) is 5.20. The zero-order chi connectivity index (χ0) is 19.4. The molecule has 0 amide bonds. The minimum atomic E-state index is -4.46. The summed E-state index contributed by atoms with van der Waals surface area (Å²) in [7, 11) is 0. The van der Waals surface area contributed by atoms with Gasteiger partial charge in [-0.1, -0.05) is 12.1 Å². The number of rotatable bonds is 6. The van der Waals surface area contributed by atoms with Crippen LogP contribution in [-0.2, 0) is 12.7 Å². The lowest BCUT2D eigenvalue weighted by Crippen LogP contribution is -2.13. The van der Waals surface area contributed by atoms with E-state index in [9.17, 15) is 18.0 Å². The zero-order valence-electron chi connectivity index (χ0n) is 14.3. The zero-order valence-corrected chi connectivity index (χ0v) is 14.3. The highest BCUT2D eigenvalue weighted by Crippen LogP contribution is 2.31.